The van der Waals surface area contributed by atoms with Crippen LogP contribution in [0.2, 0.25) is 0 Å². The first-order valence-corrected chi connectivity index (χ1v) is 11.2. The second-order valence-electron chi connectivity index (χ2n) is 7.05. The summed E-state index contributed by atoms with van der Waals surface area (Å²) in [4.78, 5) is 4.49. The number of oxazole rings is 1. The highest BCUT2D eigenvalue weighted by atomic mass is 32.2. The number of aromatic nitrogens is 1. The first-order chi connectivity index (χ1) is 15.1. The molecule has 0 spiro atoms. The van der Waals surface area contributed by atoms with Crippen LogP contribution in [0.15, 0.2) is 113 Å². The summed E-state index contributed by atoms with van der Waals surface area (Å²) in [5.74, 6) is 1.09. The minimum Gasteiger partial charge on any atom is -0.436 e. The van der Waals surface area contributed by atoms with Crippen LogP contribution in [0.1, 0.15) is 0 Å². The number of rotatable bonds is 5. The summed E-state index contributed by atoms with van der Waals surface area (Å²) in [6.07, 6.45) is 1.66. The van der Waals surface area contributed by atoms with Crippen LogP contribution in [0.3, 0.4) is 0 Å². The second-order valence-corrected chi connectivity index (χ2v) is 8.73. The molecule has 152 valence electrons. The third-order valence-corrected chi connectivity index (χ3v) is 6.39. The van der Waals surface area contributed by atoms with E-state index in [4.69, 9.17) is 4.42 Å². The first kappa shape index (κ1) is 19.1. The Bertz CT molecular complexity index is 1450. The largest absolute Gasteiger partial charge is 0.436 e. The van der Waals surface area contributed by atoms with Gasteiger partial charge in [0.05, 0.1) is 16.8 Å². The molecule has 1 aromatic heterocycles. The third kappa shape index (κ3) is 3.81. The maximum atomic E-state index is 12.9. The average molecular weight is 426 g/mol. The Kier molecular flexibility index (Phi) is 4.76. The lowest BCUT2D eigenvalue weighted by Crippen LogP contribution is -2.13. The van der Waals surface area contributed by atoms with Crippen molar-refractivity contribution in [1.82, 2.24) is 4.98 Å². The summed E-state index contributed by atoms with van der Waals surface area (Å²) < 4.78 is 34.4. The molecular formula is C25H18N2O3S. The Morgan fingerprint density at radius 2 is 1.42 bits per heavy atom. The fraction of sp³-hybridized carbons (Fsp3) is 0. The van der Waals surface area contributed by atoms with E-state index in [-0.39, 0.29) is 4.90 Å². The van der Waals surface area contributed by atoms with Crippen molar-refractivity contribution in [3.8, 4) is 22.8 Å². The van der Waals surface area contributed by atoms with Gasteiger partial charge in [0.15, 0.2) is 5.76 Å². The van der Waals surface area contributed by atoms with Crippen molar-refractivity contribution in [2.24, 2.45) is 0 Å². The van der Waals surface area contributed by atoms with Gasteiger partial charge in [-0.05, 0) is 35.7 Å². The lowest BCUT2D eigenvalue weighted by Gasteiger charge is -2.11. The Hall–Kier alpha value is -3.90. The molecule has 6 heteroatoms. The molecule has 1 heterocycles. The highest BCUT2D eigenvalue weighted by molar-refractivity contribution is 7.92. The molecule has 1 N–H and O–H groups in total. The lowest BCUT2D eigenvalue weighted by molar-refractivity contribution is 0.588. The molecule has 4 aromatic carbocycles. The van der Waals surface area contributed by atoms with Crippen molar-refractivity contribution in [3.05, 3.63) is 103 Å². The Balaban J connectivity index is 1.41. The van der Waals surface area contributed by atoms with E-state index in [2.05, 4.69) is 9.71 Å². The van der Waals surface area contributed by atoms with E-state index in [1.54, 1.807) is 36.5 Å². The van der Waals surface area contributed by atoms with Crippen LogP contribution in [0, 0.1) is 0 Å². The van der Waals surface area contributed by atoms with E-state index < -0.39 is 10.0 Å². The van der Waals surface area contributed by atoms with Crippen molar-refractivity contribution in [3.63, 3.8) is 0 Å². The number of nitrogens with one attached hydrogen (secondary N) is 1. The summed E-state index contributed by atoms with van der Waals surface area (Å²) >= 11 is 0. The molecule has 0 aliphatic carbocycles. The van der Waals surface area contributed by atoms with Gasteiger partial charge < -0.3 is 4.42 Å². The molecule has 0 bridgehead atoms. The molecule has 0 aliphatic rings. The summed E-state index contributed by atoms with van der Waals surface area (Å²) in [5, 5.41) is 1.81. The molecule has 0 saturated carbocycles. The Labute approximate surface area is 180 Å². The van der Waals surface area contributed by atoms with Gasteiger partial charge in [0.2, 0.25) is 5.89 Å². The fourth-order valence-corrected chi connectivity index (χ4v) is 4.52. The highest BCUT2D eigenvalue weighted by Crippen LogP contribution is 2.28. The number of sulfonamides is 1. The predicted molar refractivity (Wildman–Crippen MR) is 122 cm³/mol. The molecule has 0 radical (unpaired) electrons. The van der Waals surface area contributed by atoms with E-state index in [1.807, 2.05) is 66.7 Å². The van der Waals surface area contributed by atoms with Crippen molar-refractivity contribution in [2.45, 2.75) is 4.90 Å². The van der Waals surface area contributed by atoms with Crippen LogP contribution in [-0.2, 0) is 10.0 Å². The molecule has 0 atom stereocenters. The van der Waals surface area contributed by atoms with Gasteiger partial charge in [-0.25, -0.2) is 13.4 Å². The van der Waals surface area contributed by atoms with Crippen molar-refractivity contribution in [1.29, 1.82) is 0 Å². The summed E-state index contributed by atoms with van der Waals surface area (Å²) in [7, 11) is -3.74. The van der Waals surface area contributed by atoms with Crippen molar-refractivity contribution < 1.29 is 12.8 Å². The molecule has 0 aliphatic heterocycles. The molecule has 31 heavy (non-hydrogen) atoms. The van der Waals surface area contributed by atoms with Gasteiger partial charge in [0, 0.05) is 16.5 Å². The number of hydrogen-bond donors (Lipinski definition) is 1. The van der Waals surface area contributed by atoms with Gasteiger partial charge in [-0.1, -0.05) is 66.7 Å². The third-order valence-electron chi connectivity index (χ3n) is 5.01. The summed E-state index contributed by atoms with van der Waals surface area (Å²) in [6, 6.07) is 29.3. The number of anilines is 1. The highest BCUT2D eigenvalue weighted by Gasteiger charge is 2.16. The maximum Gasteiger partial charge on any atom is 0.261 e. The smallest absolute Gasteiger partial charge is 0.261 e. The van der Waals surface area contributed by atoms with Gasteiger partial charge in [-0.3, -0.25) is 4.72 Å². The van der Waals surface area contributed by atoms with Crippen LogP contribution in [-0.4, -0.2) is 13.4 Å². The normalized spacial score (nSPS) is 11.5. The zero-order chi connectivity index (χ0) is 21.3. The van der Waals surface area contributed by atoms with Gasteiger partial charge in [-0.15, -0.1) is 0 Å². The molecular weight excluding hydrogens is 408 g/mol. The maximum absolute atomic E-state index is 12.9. The minimum absolute atomic E-state index is 0.166. The molecule has 0 unspecified atom stereocenters. The van der Waals surface area contributed by atoms with Crippen molar-refractivity contribution in [2.75, 3.05) is 4.72 Å². The van der Waals surface area contributed by atoms with Gasteiger partial charge in [0.1, 0.15) is 0 Å². The topological polar surface area (TPSA) is 72.2 Å². The SMILES string of the molecule is O=S(=O)(Nc1cccc2ccccc12)c1ccc(-c2ncc(-c3ccccc3)o2)cc1. The Morgan fingerprint density at radius 3 is 2.23 bits per heavy atom. The molecule has 5 aromatic rings. The Morgan fingerprint density at radius 1 is 0.710 bits per heavy atom. The molecule has 0 fully saturated rings. The van der Waals surface area contributed by atoms with Crippen molar-refractivity contribution >= 4 is 26.5 Å². The summed E-state index contributed by atoms with van der Waals surface area (Å²) in [5.41, 5.74) is 2.17. The summed E-state index contributed by atoms with van der Waals surface area (Å²) in [6.45, 7) is 0. The van der Waals surface area contributed by atoms with E-state index in [0.717, 1.165) is 16.3 Å². The standard InChI is InChI=1S/C25H18N2O3S/c28-31(29,27-23-12-6-10-18-7-4-5-11-22(18)23)21-15-13-20(14-16-21)25-26-17-24(30-25)19-8-2-1-3-9-19/h1-17,27H. The van der Waals surface area contributed by atoms with E-state index in [1.165, 1.54) is 0 Å². The predicted octanol–water partition coefficient (Wildman–Crippen LogP) is 5.96. The first-order valence-electron chi connectivity index (χ1n) is 9.72. The van der Waals surface area contributed by atoms with E-state index in [9.17, 15) is 8.42 Å². The average Bonchev–Trinajstić information content (AvgIpc) is 3.30. The van der Waals surface area contributed by atoms with Crippen LogP contribution in [0.25, 0.3) is 33.6 Å². The van der Waals surface area contributed by atoms with Crippen LogP contribution in [0.4, 0.5) is 5.69 Å². The number of fused-ring (bicyclic) bond motifs is 1. The molecule has 5 nitrogen and oxygen atoms in total. The zero-order valence-corrected chi connectivity index (χ0v) is 17.2. The molecule has 0 amide bonds. The van der Waals surface area contributed by atoms with Gasteiger partial charge in [-0.2, -0.15) is 0 Å². The minimum atomic E-state index is -3.74. The van der Waals surface area contributed by atoms with E-state index >= 15 is 0 Å². The van der Waals surface area contributed by atoms with Crippen LogP contribution >= 0.6 is 0 Å². The zero-order valence-electron chi connectivity index (χ0n) is 16.4. The lowest BCUT2D eigenvalue weighted by atomic mass is 10.1. The number of hydrogen-bond acceptors (Lipinski definition) is 4. The second kappa shape index (κ2) is 7.74. The number of benzene rings is 4. The van der Waals surface area contributed by atoms with E-state index in [0.29, 0.717) is 22.9 Å². The monoisotopic (exact) mass is 426 g/mol. The quantitative estimate of drug-likeness (QED) is 0.376. The molecule has 5 rings (SSSR count). The fourth-order valence-electron chi connectivity index (χ4n) is 3.44. The van der Waals surface area contributed by atoms with Gasteiger partial charge >= 0.3 is 0 Å². The number of nitrogens with zero attached hydrogens (tertiary/aromatic N) is 1. The van der Waals surface area contributed by atoms with Crippen LogP contribution < -0.4 is 4.72 Å². The molecule has 0 saturated heterocycles. The van der Waals surface area contributed by atoms with Gasteiger partial charge in [0.25, 0.3) is 10.0 Å². The van der Waals surface area contributed by atoms with Crippen LogP contribution in [0.5, 0.6) is 0 Å².